The minimum atomic E-state index is 1.16. The van der Waals surface area contributed by atoms with Gasteiger partial charge >= 0.3 is 0 Å². The van der Waals surface area contributed by atoms with E-state index in [1.807, 2.05) is 12.2 Å². The number of benzene rings is 4. The van der Waals surface area contributed by atoms with E-state index in [1.165, 1.54) is 39.1 Å². The van der Waals surface area contributed by atoms with Crippen LogP contribution in [0.2, 0.25) is 0 Å². The smallest absolute Gasteiger partial charge is 0.0487 e. The first-order valence-corrected chi connectivity index (χ1v) is 10.6. The van der Waals surface area contributed by atoms with Crippen LogP contribution in [-0.4, -0.2) is 7.05 Å². The summed E-state index contributed by atoms with van der Waals surface area (Å²) in [6.07, 6.45) is 3.86. The van der Waals surface area contributed by atoms with Gasteiger partial charge in [-0.25, -0.2) is 0 Å². The molecule has 0 aliphatic rings. The third-order valence-corrected chi connectivity index (χ3v) is 5.65. The second-order valence-electron chi connectivity index (χ2n) is 7.65. The molecule has 0 radical (unpaired) electrons. The highest BCUT2D eigenvalue weighted by molar-refractivity contribution is 5.82. The molecule has 4 rings (SSSR count). The van der Waals surface area contributed by atoms with Crippen molar-refractivity contribution in [1.82, 2.24) is 0 Å². The predicted molar refractivity (Wildman–Crippen MR) is 136 cm³/mol. The summed E-state index contributed by atoms with van der Waals surface area (Å²) in [5.74, 6) is 0. The first-order chi connectivity index (χ1) is 15.2. The molecule has 0 spiro atoms. The lowest BCUT2D eigenvalue weighted by molar-refractivity contribution is 1.21. The molecular weight excluding hydrogens is 374 g/mol. The molecule has 0 saturated heterocycles. The largest absolute Gasteiger partial charge is 0.344 e. The maximum atomic E-state index is 3.78. The van der Waals surface area contributed by atoms with Crippen LogP contribution in [0.1, 0.15) is 12.5 Å². The Hall–Kier alpha value is -3.84. The van der Waals surface area contributed by atoms with Crippen LogP contribution in [0.15, 0.2) is 122 Å². The van der Waals surface area contributed by atoms with E-state index in [1.54, 1.807) is 0 Å². The van der Waals surface area contributed by atoms with Crippen molar-refractivity contribution < 1.29 is 0 Å². The van der Waals surface area contributed by atoms with Crippen LogP contribution in [-0.2, 0) is 0 Å². The fourth-order valence-corrected chi connectivity index (χ4v) is 3.84. The molecule has 1 heteroatoms. The van der Waals surface area contributed by atoms with Gasteiger partial charge in [-0.3, -0.25) is 0 Å². The van der Waals surface area contributed by atoms with Crippen molar-refractivity contribution in [3.63, 3.8) is 0 Å². The molecule has 0 fully saturated rings. The zero-order valence-electron chi connectivity index (χ0n) is 18.1. The molecule has 0 heterocycles. The first kappa shape index (κ1) is 20.4. The number of nitrogens with zero attached hydrogens (tertiary/aromatic N) is 1. The highest BCUT2D eigenvalue weighted by atomic mass is 15.1. The molecule has 0 aromatic heterocycles. The van der Waals surface area contributed by atoms with Gasteiger partial charge in [0.25, 0.3) is 0 Å². The van der Waals surface area contributed by atoms with Crippen LogP contribution >= 0.6 is 0 Å². The van der Waals surface area contributed by atoms with Gasteiger partial charge in [0.15, 0.2) is 0 Å². The van der Waals surface area contributed by atoms with Crippen LogP contribution in [0.5, 0.6) is 0 Å². The zero-order chi connectivity index (χ0) is 21.6. The molecule has 152 valence electrons. The quantitative estimate of drug-likeness (QED) is 0.293. The molecular formula is C30H27N. The zero-order valence-corrected chi connectivity index (χ0v) is 18.1. The Morgan fingerprint density at radius 1 is 0.677 bits per heavy atom. The van der Waals surface area contributed by atoms with Gasteiger partial charge in [0, 0.05) is 24.0 Å². The fourth-order valence-electron chi connectivity index (χ4n) is 3.84. The second-order valence-corrected chi connectivity index (χ2v) is 7.65. The third-order valence-electron chi connectivity index (χ3n) is 5.65. The van der Waals surface area contributed by atoms with E-state index in [-0.39, 0.29) is 0 Å². The molecule has 1 nitrogen and oxygen atoms in total. The van der Waals surface area contributed by atoms with Crippen LogP contribution in [0.4, 0.5) is 11.4 Å². The van der Waals surface area contributed by atoms with E-state index in [0.717, 1.165) is 5.69 Å². The van der Waals surface area contributed by atoms with Crippen molar-refractivity contribution in [3.8, 4) is 22.3 Å². The van der Waals surface area contributed by atoms with Crippen molar-refractivity contribution in [2.75, 3.05) is 11.9 Å². The Balaban J connectivity index is 1.59. The third kappa shape index (κ3) is 4.51. The second kappa shape index (κ2) is 9.32. The van der Waals surface area contributed by atoms with Crippen molar-refractivity contribution in [2.45, 2.75) is 6.92 Å². The van der Waals surface area contributed by atoms with Crippen molar-refractivity contribution in [1.29, 1.82) is 0 Å². The van der Waals surface area contributed by atoms with Gasteiger partial charge < -0.3 is 4.90 Å². The van der Waals surface area contributed by atoms with E-state index in [2.05, 4.69) is 129 Å². The Kier molecular flexibility index (Phi) is 6.14. The Morgan fingerprint density at radius 3 is 1.90 bits per heavy atom. The summed E-state index contributed by atoms with van der Waals surface area (Å²) in [5, 5.41) is 0. The fraction of sp³-hybridized carbons (Fsp3) is 0.0667. The molecule has 0 saturated carbocycles. The Morgan fingerprint density at radius 2 is 1.26 bits per heavy atom. The summed E-state index contributed by atoms with van der Waals surface area (Å²) < 4.78 is 0. The maximum Gasteiger partial charge on any atom is 0.0487 e. The van der Waals surface area contributed by atoms with Gasteiger partial charge in [0.05, 0.1) is 0 Å². The molecule has 0 aliphatic carbocycles. The average molecular weight is 402 g/mol. The summed E-state index contributed by atoms with van der Waals surface area (Å²) in [4.78, 5) is 2.25. The number of allylic oxidation sites excluding steroid dienone is 3. The maximum absolute atomic E-state index is 3.78. The molecule has 0 aliphatic heterocycles. The Bertz CT molecular complexity index is 1180. The molecule has 4 aromatic rings. The van der Waals surface area contributed by atoms with Crippen molar-refractivity contribution >= 4 is 16.9 Å². The van der Waals surface area contributed by atoms with E-state index >= 15 is 0 Å². The highest BCUT2D eigenvalue weighted by Crippen LogP contribution is 2.34. The number of para-hydroxylation sites is 1. The minimum Gasteiger partial charge on any atom is -0.344 e. The molecule has 31 heavy (non-hydrogen) atoms. The van der Waals surface area contributed by atoms with Crippen LogP contribution in [0.3, 0.4) is 0 Å². The number of hydrogen-bond donors (Lipinski definition) is 0. The Labute approximate surface area is 185 Å². The summed E-state index contributed by atoms with van der Waals surface area (Å²) in [6.45, 7) is 5.88. The number of rotatable bonds is 6. The summed E-state index contributed by atoms with van der Waals surface area (Å²) in [7, 11) is 2.13. The van der Waals surface area contributed by atoms with Gasteiger partial charge in [0.2, 0.25) is 0 Å². The molecule has 0 unspecified atom stereocenters. The molecule has 4 aromatic carbocycles. The number of hydrogen-bond acceptors (Lipinski definition) is 1. The van der Waals surface area contributed by atoms with Crippen LogP contribution < -0.4 is 4.90 Å². The van der Waals surface area contributed by atoms with Gasteiger partial charge in [-0.1, -0.05) is 104 Å². The number of anilines is 2. The van der Waals surface area contributed by atoms with Gasteiger partial charge in [0.1, 0.15) is 0 Å². The van der Waals surface area contributed by atoms with E-state index < -0.39 is 0 Å². The van der Waals surface area contributed by atoms with Crippen LogP contribution in [0.25, 0.3) is 27.8 Å². The standard InChI is InChI=1S/C30H27N/c1-4-10-23(2)24-15-17-25(18-16-24)26-19-21-28(22-20-26)31(3)30-14-9-8-13-29(30)27-11-6-5-7-12-27/h4-22H,1H2,2-3H3/b23-10+. The predicted octanol–water partition coefficient (Wildman–Crippen LogP) is 8.38. The van der Waals surface area contributed by atoms with Gasteiger partial charge in [-0.05, 0) is 52.9 Å². The lowest BCUT2D eigenvalue weighted by atomic mass is 10.00. The van der Waals surface area contributed by atoms with Gasteiger partial charge in [-0.15, -0.1) is 0 Å². The lowest BCUT2D eigenvalue weighted by Gasteiger charge is -2.23. The summed E-state index contributed by atoms with van der Waals surface area (Å²) >= 11 is 0. The highest BCUT2D eigenvalue weighted by Gasteiger charge is 2.10. The normalized spacial score (nSPS) is 11.2. The van der Waals surface area contributed by atoms with Crippen molar-refractivity contribution in [2.24, 2.45) is 0 Å². The lowest BCUT2D eigenvalue weighted by Crippen LogP contribution is -2.10. The van der Waals surface area contributed by atoms with Crippen molar-refractivity contribution in [3.05, 3.63) is 127 Å². The van der Waals surface area contributed by atoms with E-state index in [9.17, 15) is 0 Å². The van der Waals surface area contributed by atoms with Crippen LogP contribution in [0, 0.1) is 0 Å². The molecule has 0 amide bonds. The minimum absolute atomic E-state index is 1.16. The molecule has 0 bridgehead atoms. The summed E-state index contributed by atoms with van der Waals surface area (Å²) in [6, 6.07) is 36.5. The SMILES string of the molecule is C=C/C=C(\C)c1ccc(-c2ccc(N(C)c3ccccc3-c3ccccc3)cc2)cc1. The first-order valence-electron chi connectivity index (χ1n) is 10.6. The monoisotopic (exact) mass is 401 g/mol. The van der Waals surface area contributed by atoms with Gasteiger partial charge in [-0.2, -0.15) is 0 Å². The topological polar surface area (TPSA) is 3.24 Å². The summed E-state index contributed by atoms with van der Waals surface area (Å²) in [5.41, 5.74) is 9.67. The van der Waals surface area contributed by atoms with E-state index in [0.29, 0.717) is 0 Å². The van der Waals surface area contributed by atoms with E-state index in [4.69, 9.17) is 0 Å². The molecule has 0 N–H and O–H groups in total. The average Bonchev–Trinajstić information content (AvgIpc) is 2.84. The molecule has 0 atom stereocenters.